The second kappa shape index (κ2) is 6.32. The number of hydrogen-bond acceptors (Lipinski definition) is 6. The molecule has 20 heavy (non-hydrogen) atoms. The van der Waals surface area contributed by atoms with Gasteiger partial charge in [-0.05, 0) is 5.56 Å². The zero-order chi connectivity index (χ0) is 14.7. The summed E-state index contributed by atoms with van der Waals surface area (Å²) in [6.45, 7) is 0.467. The van der Waals surface area contributed by atoms with Crippen LogP contribution in [-0.4, -0.2) is 64.2 Å². The van der Waals surface area contributed by atoms with Crippen molar-refractivity contribution in [2.75, 3.05) is 13.7 Å². The number of esters is 1. The molecule has 3 N–H and O–H groups in total. The van der Waals surface area contributed by atoms with Crippen LogP contribution >= 0.6 is 0 Å². The highest BCUT2D eigenvalue weighted by Gasteiger charge is 2.45. The molecule has 1 aliphatic heterocycles. The predicted molar refractivity (Wildman–Crippen MR) is 70.7 cm³/mol. The second-order valence-corrected chi connectivity index (χ2v) is 4.93. The quantitative estimate of drug-likeness (QED) is 0.624. The number of β-amino-alcohol motifs (C(OH)–C–C–N with tert-alkyl or cyclic N) is 1. The number of aliphatic hydroxyl groups is 3. The number of methoxy groups -OCH3 is 1. The number of benzene rings is 1. The summed E-state index contributed by atoms with van der Waals surface area (Å²) in [6.07, 6.45) is -3.84. The first-order chi connectivity index (χ1) is 9.54. The number of carbonyl (C=O) groups is 1. The number of piperidine rings is 1. The van der Waals surface area contributed by atoms with Gasteiger partial charge in [0.05, 0.1) is 13.2 Å². The number of nitrogens with zero attached hydrogens (tertiary/aromatic N) is 1. The summed E-state index contributed by atoms with van der Waals surface area (Å²) in [4.78, 5) is 13.4. The summed E-state index contributed by atoms with van der Waals surface area (Å²) in [5, 5.41) is 29.5. The van der Waals surface area contributed by atoms with Gasteiger partial charge in [-0.15, -0.1) is 0 Å². The lowest BCUT2D eigenvalue weighted by Gasteiger charge is -2.42. The molecule has 0 aromatic heterocycles. The molecular formula is C14H19NO5. The van der Waals surface area contributed by atoms with E-state index in [2.05, 4.69) is 4.74 Å². The maximum absolute atomic E-state index is 11.8. The lowest BCUT2D eigenvalue weighted by molar-refractivity contribution is -0.174. The van der Waals surface area contributed by atoms with Crippen molar-refractivity contribution in [3.05, 3.63) is 35.9 Å². The van der Waals surface area contributed by atoms with Crippen LogP contribution in [0.3, 0.4) is 0 Å². The van der Waals surface area contributed by atoms with Crippen molar-refractivity contribution < 1.29 is 24.9 Å². The van der Waals surface area contributed by atoms with E-state index >= 15 is 0 Å². The molecule has 0 saturated carbocycles. The number of carbonyl (C=O) groups excluding carboxylic acids is 1. The molecule has 4 atom stereocenters. The summed E-state index contributed by atoms with van der Waals surface area (Å²) < 4.78 is 4.68. The third-order valence-electron chi connectivity index (χ3n) is 3.55. The van der Waals surface area contributed by atoms with Crippen LogP contribution < -0.4 is 0 Å². The van der Waals surface area contributed by atoms with Gasteiger partial charge in [0, 0.05) is 13.1 Å². The van der Waals surface area contributed by atoms with Gasteiger partial charge in [-0.3, -0.25) is 9.69 Å². The highest BCUT2D eigenvalue weighted by molar-refractivity contribution is 5.76. The molecule has 1 aromatic carbocycles. The molecule has 0 radical (unpaired) electrons. The van der Waals surface area contributed by atoms with Gasteiger partial charge in [0.25, 0.3) is 0 Å². The molecular weight excluding hydrogens is 262 g/mol. The van der Waals surface area contributed by atoms with Gasteiger partial charge < -0.3 is 20.1 Å². The Morgan fingerprint density at radius 1 is 1.25 bits per heavy atom. The van der Waals surface area contributed by atoms with Crippen molar-refractivity contribution in [2.45, 2.75) is 30.9 Å². The largest absolute Gasteiger partial charge is 0.468 e. The molecule has 1 heterocycles. The monoisotopic (exact) mass is 281 g/mol. The van der Waals surface area contributed by atoms with E-state index in [4.69, 9.17) is 0 Å². The first-order valence-electron chi connectivity index (χ1n) is 6.44. The first kappa shape index (κ1) is 14.9. The number of hydrogen-bond donors (Lipinski definition) is 3. The molecule has 110 valence electrons. The average molecular weight is 281 g/mol. The summed E-state index contributed by atoms with van der Waals surface area (Å²) in [6, 6.07) is 8.40. The average Bonchev–Trinajstić information content (AvgIpc) is 2.45. The van der Waals surface area contributed by atoms with Crippen molar-refractivity contribution in [1.82, 2.24) is 4.90 Å². The van der Waals surface area contributed by atoms with Crippen molar-refractivity contribution >= 4 is 5.97 Å². The van der Waals surface area contributed by atoms with Gasteiger partial charge in [0.15, 0.2) is 0 Å². The van der Waals surface area contributed by atoms with Crippen LogP contribution in [0, 0.1) is 0 Å². The van der Waals surface area contributed by atoms with E-state index in [9.17, 15) is 20.1 Å². The highest BCUT2D eigenvalue weighted by Crippen LogP contribution is 2.22. The van der Waals surface area contributed by atoms with Crippen molar-refractivity contribution in [3.63, 3.8) is 0 Å². The summed E-state index contributed by atoms with van der Waals surface area (Å²) in [5.74, 6) is -0.626. The van der Waals surface area contributed by atoms with E-state index in [0.717, 1.165) is 5.56 Å². The second-order valence-electron chi connectivity index (χ2n) is 4.93. The Balaban J connectivity index is 2.20. The standard InChI is InChI=1S/C14H19NO5/c1-20-14(19)11-13(18)12(17)10(16)8-15(11)7-9-5-3-2-4-6-9/h2-6,10-13,16-18H,7-8H2,1H3. The first-order valence-corrected chi connectivity index (χ1v) is 6.44. The fourth-order valence-electron chi connectivity index (χ4n) is 2.48. The number of ether oxygens (including phenoxy) is 1. The molecule has 0 bridgehead atoms. The Bertz CT molecular complexity index is 452. The SMILES string of the molecule is COC(=O)C1C(O)C(O)C(O)CN1Cc1ccccc1. The minimum Gasteiger partial charge on any atom is -0.468 e. The molecule has 1 aliphatic rings. The van der Waals surface area contributed by atoms with Gasteiger partial charge >= 0.3 is 5.97 Å². The molecule has 1 fully saturated rings. The lowest BCUT2D eigenvalue weighted by atomic mass is 9.93. The van der Waals surface area contributed by atoms with Crippen LogP contribution in [0.5, 0.6) is 0 Å². The minimum absolute atomic E-state index is 0.0902. The molecule has 0 aliphatic carbocycles. The predicted octanol–water partition coefficient (Wildman–Crippen LogP) is -0.873. The molecule has 1 aromatic rings. The number of aliphatic hydroxyl groups excluding tert-OH is 3. The zero-order valence-corrected chi connectivity index (χ0v) is 11.2. The maximum atomic E-state index is 11.8. The van der Waals surface area contributed by atoms with E-state index in [1.54, 1.807) is 4.90 Å². The van der Waals surface area contributed by atoms with Crippen LogP contribution in [-0.2, 0) is 16.1 Å². The van der Waals surface area contributed by atoms with Crippen LogP contribution in [0.25, 0.3) is 0 Å². The topological polar surface area (TPSA) is 90.2 Å². The fraction of sp³-hybridized carbons (Fsp3) is 0.500. The fourth-order valence-corrected chi connectivity index (χ4v) is 2.48. The Kier molecular flexibility index (Phi) is 4.72. The van der Waals surface area contributed by atoms with E-state index in [0.29, 0.717) is 6.54 Å². The van der Waals surface area contributed by atoms with E-state index < -0.39 is 30.3 Å². The zero-order valence-electron chi connectivity index (χ0n) is 11.2. The van der Waals surface area contributed by atoms with Gasteiger partial charge in [0.2, 0.25) is 0 Å². The van der Waals surface area contributed by atoms with Gasteiger partial charge in [-0.1, -0.05) is 30.3 Å². The van der Waals surface area contributed by atoms with Gasteiger partial charge in [-0.2, -0.15) is 0 Å². The van der Waals surface area contributed by atoms with Crippen LogP contribution in [0.4, 0.5) is 0 Å². The summed E-state index contributed by atoms with van der Waals surface area (Å²) >= 11 is 0. The van der Waals surface area contributed by atoms with Crippen LogP contribution in [0.15, 0.2) is 30.3 Å². The summed E-state index contributed by atoms with van der Waals surface area (Å²) in [7, 11) is 1.23. The number of rotatable bonds is 3. The van der Waals surface area contributed by atoms with E-state index in [1.807, 2.05) is 30.3 Å². The van der Waals surface area contributed by atoms with Crippen LogP contribution in [0.1, 0.15) is 5.56 Å². The smallest absolute Gasteiger partial charge is 0.325 e. The Morgan fingerprint density at radius 2 is 1.90 bits per heavy atom. The van der Waals surface area contributed by atoms with Gasteiger partial charge in [0.1, 0.15) is 18.2 Å². The van der Waals surface area contributed by atoms with E-state index in [1.165, 1.54) is 7.11 Å². The molecule has 4 unspecified atom stereocenters. The lowest BCUT2D eigenvalue weighted by Crippen LogP contribution is -2.63. The van der Waals surface area contributed by atoms with Crippen molar-refractivity contribution in [1.29, 1.82) is 0 Å². The van der Waals surface area contributed by atoms with E-state index in [-0.39, 0.29) is 6.54 Å². The highest BCUT2D eigenvalue weighted by atomic mass is 16.5. The number of likely N-dealkylation sites (tertiary alicyclic amines) is 1. The van der Waals surface area contributed by atoms with Gasteiger partial charge in [-0.25, -0.2) is 0 Å². The molecule has 1 saturated heterocycles. The molecule has 6 heteroatoms. The van der Waals surface area contributed by atoms with Crippen LogP contribution in [0.2, 0.25) is 0 Å². The molecule has 2 rings (SSSR count). The summed E-state index contributed by atoms with van der Waals surface area (Å²) in [5.41, 5.74) is 0.942. The normalized spacial score (nSPS) is 31.0. The molecule has 0 spiro atoms. The molecule has 6 nitrogen and oxygen atoms in total. The Morgan fingerprint density at radius 3 is 2.50 bits per heavy atom. The van der Waals surface area contributed by atoms with Crippen molar-refractivity contribution in [2.24, 2.45) is 0 Å². The Hall–Kier alpha value is -1.47. The minimum atomic E-state index is -1.38. The molecule has 0 amide bonds. The third-order valence-corrected chi connectivity index (χ3v) is 3.55. The Labute approximate surface area is 117 Å². The third kappa shape index (κ3) is 2.99. The van der Waals surface area contributed by atoms with Crippen molar-refractivity contribution in [3.8, 4) is 0 Å². The maximum Gasteiger partial charge on any atom is 0.325 e.